The van der Waals surface area contributed by atoms with Crippen molar-refractivity contribution in [1.29, 1.82) is 0 Å². The van der Waals surface area contributed by atoms with E-state index >= 15 is 4.57 Å². The standard InChI is InChI=1S/C46H31N2OP/c49-50(37-14-6-2-7-15-37,38-16-8-3-9-17-38)44-31-28-39(40-18-10-11-19-41(40)44)32-20-22-34(23-21-32)43-30-27-36-25-24-35-26-29-42(33-12-4-1-5-13-33)47-45(35)46(36)48-43/h1-31H. The van der Waals surface area contributed by atoms with E-state index in [0.29, 0.717) is 0 Å². The first kappa shape index (κ1) is 29.9. The fourth-order valence-electron chi connectivity index (χ4n) is 7.03. The molecule has 2 aromatic heterocycles. The number of hydrogen-bond donors (Lipinski definition) is 0. The highest BCUT2D eigenvalue weighted by molar-refractivity contribution is 7.85. The van der Waals surface area contributed by atoms with E-state index in [0.717, 1.165) is 82.1 Å². The highest BCUT2D eigenvalue weighted by atomic mass is 31.2. The topological polar surface area (TPSA) is 42.9 Å². The monoisotopic (exact) mass is 658 g/mol. The molecule has 0 N–H and O–H groups in total. The first-order valence-corrected chi connectivity index (χ1v) is 18.5. The molecule has 9 rings (SSSR count). The van der Waals surface area contributed by atoms with Crippen LogP contribution in [-0.2, 0) is 4.57 Å². The van der Waals surface area contributed by atoms with Gasteiger partial charge in [0.15, 0.2) is 7.14 Å². The van der Waals surface area contributed by atoms with Crippen LogP contribution in [0.5, 0.6) is 0 Å². The van der Waals surface area contributed by atoms with Gasteiger partial charge in [0.2, 0.25) is 0 Å². The second-order valence-electron chi connectivity index (χ2n) is 12.5. The zero-order valence-corrected chi connectivity index (χ0v) is 28.0. The van der Waals surface area contributed by atoms with Crippen molar-refractivity contribution in [2.45, 2.75) is 0 Å². The Bertz CT molecular complexity index is 2670. The molecule has 0 aliphatic heterocycles. The van der Waals surface area contributed by atoms with Gasteiger partial charge in [0, 0.05) is 37.8 Å². The Hall–Kier alpha value is -6.15. The number of fused-ring (bicyclic) bond motifs is 4. The van der Waals surface area contributed by atoms with Crippen LogP contribution in [0.3, 0.4) is 0 Å². The Balaban J connectivity index is 1.13. The molecule has 50 heavy (non-hydrogen) atoms. The van der Waals surface area contributed by atoms with Crippen LogP contribution in [0.4, 0.5) is 0 Å². The summed E-state index contributed by atoms with van der Waals surface area (Å²) in [6, 6.07) is 63.8. The predicted molar refractivity (Wildman–Crippen MR) is 210 cm³/mol. The molecule has 0 fully saturated rings. The molecular formula is C46H31N2OP. The third kappa shape index (κ3) is 5.11. The van der Waals surface area contributed by atoms with E-state index in [2.05, 4.69) is 103 Å². The third-order valence-electron chi connectivity index (χ3n) is 9.56. The van der Waals surface area contributed by atoms with Crippen LogP contribution in [0, 0.1) is 0 Å². The Morgan fingerprint density at radius 2 is 0.800 bits per heavy atom. The van der Waals surface area contributed by atoms with Crippen molar-refractivity contribution in [3.63, 3.8) is 0 Å². The van der Waals surface area contributed by atoms with E-state index in [1.807, 2.05) is 84.9 Å². The van der Waals surface area contributed by atoms with Gasteiger partial charge in [-0.2, -0.15) is 0 Å². The minimum atomic E-state index is -3.15. The predicted octanol–water partition coefficient (Wildman–Crippen LogP) is 10.6. The lowest BCUT2D eigenvalue weighted by molar-refractivity contribution is 0.592. The molecule has 0 atom stereocenters. The van der Waals surface area contributed by atoms with Crippen molar-refractivity contribution in [2.75, 3.05) is 0 Å². The lowest BCUT2D eigenvalue weighted by atomic mass is 9.97. The summed E-state index contributed by atoms with van der Waals surface area (Å²) in [5.74, 6) is 0. The third-order valence-corrected chi connectivity index (χ3v) is 12.7. The van der Waals surface area contributed by atoms with Crippen LogP contribution in [0.1, 0.15) is 0 Å². The summed E-state index contributed by atoms with van der Waals surface area (Å²) in [7, 11) is -3.15. The van der Waals surface area contributed by atoms with Gasteiger partial charge < -0.3 is 4.57 Å². The number of aromatic nitrogens is 2. The number of benzene rings is 7. The second-order valence-corrected chi connectivity index (χ2v) is 15.2. The molecule has 0 bridgehead atoms. The minimum Gasteiger partial charge on any atom is -0.309 e. The second kappa shape index (κ2) is 12.4. The molecule has 2 heterocycles. The van der Waals surface area contributed by atoms with Crippen LogP contribution in [0.15, 0.2) is 188 Å². The maximum Gasteiger partial charge on any atom is 0.171 e. The molecule has 0 spiro atoms. The Kier molecular flexibility index (Phi) is 7.42. The van der Waals surface area contributed by atoms with E-state index in [4.69, 9.17) is 9.97 Å². The Labute approximate surface area is 290 Å². The molecule has 0 unspecified atom stereocenters. The summed E-state index contributed by atoms with van der Waals surface area (Å²) in [6.45, 7) is 0. The van der Waals surface area contributed by atoms with Crippen LogP contribution in [-0.4, -0.2) is 9.97 Å². The summed E-state index contributed by atoms with van der Waals surface area (Å²) in [5, 5.41) is 6.70. The zero-order valence-electron chi connectivity index (χ0n) is 27.1. The number of nitrogens with zero attached hydrogens (tertiary/aromatic N) is 2. The normalized spacial score (nSPS) is 11.7. The van der Waals surface area contributed by atoms with Crippen LogP contribution < -0.4 is 15.9 Å². The Morgan fingerprint density at radius 1 is 0.360 bits per heavy atom. The molecule has 0 aliphatic carbocycles. The SMILES string of the molecule is O=P(c1ccccc1)(c1ccccc1)c1ccc(-c2ccc(-c3ccc4ccc5ccc(-c6ccccc6)nc5c4n3)cc2)c2ccccc12. The molecule has 236 valence electrons. The van der Waals surface area contributed by atoms with Crippen molar-refractivity contribution in [3.8, 4) is 33.6 Å². The fourth-order valence-corrected chi connectivity index (χ4v) is 9.89. The number of pyridine rings is 2. The molecule has 7 aromatic carbocycles. The highest BCUT2D eigenvalue weighted by Crippen LogP contribution is 2.45. The largest absolute Gasteiger partial charge is 0.309 e. The van der Waals surface area contributed by atoms with Gasteiger partial charge in [-0.1, -0.05) is 170 Å². The van der Waals surface area contributed by atoms with E-state index in [1.165, 1.54) is 0 Å². The van der Waals surface area contributed by atoms with Crippen LogP contribution in [0.2, 0.25) is 0 Å². The fraction of sp³-hybridized carbons (Fsp3) is 0. The van der Waals surface area contributed by atoms with E-state index in [-0.39, 0.29) is 0 Å². The van der Waals surface area contributed by atoms with E-state index < -0.39 is 7.14 Å². The summed E-state index contributed by atoms with van der Waals surface area (Å²) in [6.07, 6.45) is 0. The van der Waals surface area contributed by atoms with Gasteiger partial charge in [0.05, 0.1) is 22.4 Å². The van der Waals surface area contributed by atoms with Crippen LogP contribution in [0.25, 0.3) is 66.2 Å². The summed E-state index contributed by atoms with van der Waals surface area (Å²) < 4.78 is 15.3. The quantitative estimate of drug-likeness (QED) is 0.132. The van der Waals surface area contributed by atoms with Gasteiger partial charge in [-0.15, -0.1) is 0 Å². The minimum absolute atomic E-state index is 0.829. The molecule has 0 saturated carbocycles. The van der Waals surface area contributed by atoms with Crippen molar-refractivity contribution in [1.82, 2.24) is 9.97 Å². The molecular weight excluding hydrogens is 627 g/mol. The maximum absolute atomic E-state index is 15.3. The van der Waals surface area contributed by atoms with E-state index in [9.17, 15) is 0 Å². The van der Waals surface area contributed by atoms with Gasteiger partial charge in [-0.25, -0.2) is 9.97 Å². The summed E-state index contributed by atoms with van der Waals surface area (Å²) in [5.41, 5.74) is 7.93. The van der Waals surface area contributed by atoms with Crippen molar-refractivity contribution >= 4 is 55.6 Å². The van der Waals surface area contributed by atoms with Gasteiger partial charge in [0.25, 0.3) is 0 Å². The molecule has 0 saturated heterocycles. The summed E-state index contributed by atoms with van der Waals surface area (Å²) in [4.78, 5) is 10.2. The van der Waals surface area contributed by atoms with Gasteiger partial charge in [-0.05, 0) is 40.1 Å². The molecule has 4 heteroatoms. The molecule has 9 aromatic rings. The van der Waals surface area contributed by atoms with Crippen LogP contribution >= 0.6 is 7.14 Å². The lowest BCUT2D eigenvalue weighted by Gasteiger charge is -2.22. The molecule has 0 aliphatic rings. The maximum atomic E-state index is 15.3. The van der Waals surface area contributed by atoms with Gasteiger partial charge in [-0.3, -0.25) is 0 Å². The molecule has 0 amide bonds. The van der Waals surface area contributed by atoms with Gasteiger partial charge in [0.1, 0.15) is 0 Å². The highest BCUT2D eigenvalue weighted by Gasteiger charge is 2.31. The average molecular weight is 659 g/mol. The van der Waals surface area contributed by atoms with Crippen molar-refractivity contribution in [3.05, 3.63) is 188 Å². The Morgan fingerprint density at radius 3 is 1.36 bits per heavy atom. The zero-order chi connectivity index (χ0) is 33.5. The van der Waals surface area contributed by atoms with Crippen molar-refractivity contribution in [2.24, 2.45) is 0 Å². The summed E-state index contributed by atoms with van der Waals surface area (Å²) >= 11 is 0. The van der Waals surface area contributed by atoms with Crippen molar-refractivity contribution < 1.29 is 4.57 Å². The average Bonchev–Trinajstić information content (AvgIpc) is 3.21. The number of hydrogen-bond acceptors (Lipinski definition) is 3. The molecule has 0 radical (unpaired) electrons. The lowest BCUT2D eigenvalue weighted by Crippen LogP contribution is -2.25. The van der Waals surface area contributed by atoms with Gasteiger partial charge >= 0.3 is 0 Å². The number of rotatable bonds is 6. The first-order chi connectivity index (χ1) is 24.7. The first-order valence-electron chi connectivity index (χ1n) is 16.8. The molecule has 3 nitrogen and oxygen atoms in total. The van der Waals surface area contributed by atoms with E-state index in [1.54, 1.807) is 0 Å². The smallest absolute Gasteiger partial charge is 0.171 e.